The number of carbonyl (C=O) groups is 1. The second kappa shape index (κ2) is 9.08. The molecule has 2 amide bonds. The second-order valence-electron chi connectivity index (χ2n) is 9.25. The van der Waals surface area contributed by atoms with Crippen molar-refractivity contribution in [1.82, 2.24) is 9.78 Å². The minimum absolute atomic E-state index is 0.345. The molecule has 0 aliphatic heterocycles. The van der Waals surface area contributed by atoms with Crippen LogP contribution in [0.25, 0.3) is 16.5 Å². The second-order valence-corrected chi connectivity index (χ2v) is 9.25. The Labute approximate surface area is 194 Å². The van der Waals surface area contributed by atoms with Gasteiger partial charge in [-0.2, -0.15) is 5.10 Å². The average Bonchev–Trinajstić information content (AvgIpc) is 3.14. The number of nitrogens with one attached hydrogen (secondary N) is 2. The van der Waals surface area contributed by atoms with Gasteiger partial charge in [-0.15, -0.1) is 0 Å². The number of anilines is 2. The van der Waals surface area contributed by atoms with Crippen LogP contribution < -0.4 is 10.6 Å². The summed E-state index contributed by atoms with van der Waals surface area (Å²) >= 11 is 0. The molecule has 6 heteroatoms. The van der Waals surface area contributed by atoms with Crippen LogP contribution >= 0.6 is 0 Å². The molecule has 170 valence electrons. The van der Waals surface area contributed by atoms with Crippen molar-refractivity contribution in [2.75, 3.05) is 10.6 Å². The minimum Gasteiger partial charge on any atom is -0.386 e. The molecule has 3 aromatic carbocycles. The van der Waals surface area contributed by atoms with Crippen LogP contribution in [0.4, 0.5) is 16.3 Å². The number of urea groups is 1. The van der Waals surface area contributed by atoms with Crippen molar-refractivity contribution >= 4 is 28.3 Å². The molecule has 1 heterocycles. The quantitative estimate of drug-likeness (QED) is 0.338. The van der Waals surface area contributed by atoms with Gasteiger partial charge in [-0.25, -0.2) is 9.48 Å². The highest BCUT2D eigenvalue weighted by Gasteiger charge is 2.19. The lowest BCUT2D eigenvalue weighted by atomic mass is 9.98. The Morgan fingerprint density at radius 3 is 2.48 bits per heavy atom. The van der Waals surface area contributed by atoms with Gasteiger partial charge >= 0.3 is 6.03 Å². The summed E-state index contributed by atoms with van der Waals surface area (Å²) in [5.74, 6) is 0.990. The van der Waals surface area contributed by atoms with E-state index >= 15 is 0 Å². The Bertz CT molecular complexity index is 1280. The van der Waals surface area contributed by atoms with E-state index in [1.165, 1.54) is 0 Å². The fourth-order valence-electron chi connectivity index (χ4n) is 3.86. The van der Waals surface area contributed by atoms with Crippen LogP contribution in [0.1, 0.15) is 39.0 Å². The van der Waals surface area contributed by atoms with Gasteiger partial charge in [-0.1, -0.05) is 62.4 Å². The first-order chi connectivity index (χ1) is 15.7. The van der Waals surface area contributed by atoms with Crippen molar-refractivity contribution in [2.45, 2.75) is 39.7 Å². The minimum atomic E-state index is -0.983. The Morgan fingerprint density at radius 1 is 1.00 bits per heavy atom. The molecule has 33 heavy (non-hydrogen) atoms. The van der Waals surface area contributed by atoms with Gasteiger partial charge in [-0.3, -0.25) is 5.32 Å². The molecule has 3 N–H and O–H groups in total. The van der Waals surface area contributed by atoms with Gasteiger partial charge in [0.05, 0.1) is 22.7 Å². The molecule has 0 saturated carbocycles. The molecule has 0 atom stereocenters. The van der Waals surface area contributed by atoms with Gasteiger partial charge < -0.3 is 10.4 Å². The maximum absolute atomic E-state index is 13.0. The Kier molecular flexibility index (Phi) is 6.20. The van der Waals surface area contributed by atoms with Crippen molar-refractivity contribution in [2.24, 2.45) is 5.92 Å². The molecule has 0 saturated heterocycles. The summed E-state index contributed by atoms with van der Waals surface area (Å²) < 4.78 is 1.72. The standard InChI is InChI=1S/C27H30N4O2/c1-18(2)15-21-17-25(31(30-21)22-12-8-11-20(16-22)27(3,4)33)29-26(32)28-24-14-7-10-19-9-5-6-13-23(19)24/h5-14,16-18,33H,15H2,1-4H3,(H2,28,29,32). The zero-order valence-electron chi connectivity index (χ0n) is 19.5. The van der Waals surface area contributed by atoms with E-state index < -0.39 is 5.60 Å². The van der Waals surface area contributed by atoms with Crippen LogP contribution in [0.2, 0.25) is 0 Å². The largest absolute Gasteiger partial charge is 0.386 e. The summed E-state index contributed by atoms with van der Waals surface area (Å²) in [5.41, 5.74) is 2.18. The van der Waals surface area contributed by atoms with Gasteiger partial charge in [-0.05, 0) is 55.3 Å². The van der Waals surface area contributed by atoms with Crippen LogP contribution in [0.3, 0.4) is 0 Å². The van der Waals surface area contributed by atoms with Gasteiger partial charge in [0.15, 0.2) is 0 Å². The molecule has 0 bridgehead atoms. The summed E-state index contributed by atoms with van der Waals surface area (Å²) in [4.78, 5) is 13.0. The van der Waals surface area contributed by atoms with E-state index in [2.05, 4.69) is 24.5 Å². The van der Waals surface area contributed by atoms with Gasteiger partial charge in [0, 0.05) is 11.5 Å². The maximum Gasteiger partial charge on any atom is 0.324 e. The van der Waals surface area contributed by atoms with E-state index in [-0.39, 0.29) is 6.03 Å². The molecule has 0 radical (unpaired) electrons. The number of fused-ring (bicyclic) bond motifs is 1. The molecule has 0 fully saturated rings. The number of amides is 2. The first kappa shape index (κ1) is 22.6. The zero-order chi connectivity index (χ0) is 23.6. The summed E-state index contributed by atoms with van der Waals surface area (Å²) in [5, 5.41) is 23.1. The third-order valence-corrected chi connectivity index (χ3v) is 5.45. The first-order valence-corrected chi connectivity index (χ1v) is 11.2. The zero-order valence-corrected chi connectivity index (χ0v) is 19.5. The number of nitrogens with zero attached hydrogens (tertiary/aromatic N) is 2. The number of aliphatic hydroxyl groups is 1. The molecule has 1 aromatic heterocycles. The van der Waals surface area contributed by atoms with Gasteiger partial charge in [0.2, 0.25) is 0 Å². The highest BCUT2D eigenvalue weighted by molar-refractivity contribution is 6.06. The molecule has 6 nitrogen and oxygen atoms in total. The van der Waals surface area contributed by atoms with Crippen LogP contribution in [0.15, 0.2) is 72.8 Å². The number of hydrogen-bond donors (Lipinski definition) is 3. The number of benzene rings is 3. The van der Waals surface area contributed by atoms with Gasteiger partial charge in [0.25, 0.3) is 0 Å². The van der Waals surface area contributed by atoms with Crippen LogP contribution in [0, 0.1) is 5.92 Å². The SMILES string of the molecule is CC(C)Cc1cc(NC(=O)Nc2cccc3ccccc23)n(-c2cccc(C(C)(C)O)c2)n1. The third-order valence-electron chi connectivity index (χ3n) is 5.45. The third kappa shape index (κ3) is 5.23. The summed E-state index contributed by atoms with van der Waals surface area (Å²) in [6.45, 7) is 7.76. The van der Waals surface area contributed by atoms with E-state index in [1.54, 1.807) is 18.5 Å². The summed E-state index contributed by atoms with van der Waals surface area (Å²) in [6.07, 6.45) is 0.789. The van der Waals surface area contributed by atoms with E-state index in [9.17, 15) is 9.90 Å². The molecule has 0 aliphatic rings. The fraction of sp³-hybridized carbons (Fsp3) is 0.259. The molecule has 0 unspecified atom stereocenters. The van der Waals surface area contributed by atoms with Crippen LogP contribution in [-0.4, -0.2) is 20.9 Å². The van der Waals surface area contributed by atoms with Gasteiger partial charge in [0.1, 0.15) is 5.82 Å². The predicted octanol–water partition coefficient (Wildman–Crippen LogP) is 6.10. The van der Waals surface area contributed by atoms with Crippen molar-refractivity contribution in [3.8, 4) is 5.69 Å². The van der Waals surface area contributed by atoms with Crippen LogP contribution in [0.5, 0.6) is 0 Å². The summed E-state index contributed by atoms with van der Waals surface area (Å²) in [7, 11) is 0. The van der Waals surface area contributed by atoms with E-state index in [4.69, 9.17) is 5.10 Å². The summed E-state index contributed by atoms with van der Waals surface area (Å²) in [6, 6.07) is 22.9. The van der Waals surface area contributed by atoms with Crippen molar-refractivity contribution in [3.63, 3.8) is 0 Å². The van der Waals surface area contributed by atoms with Crippen LogP contribution in [-0.2, 0) is 12.0 Å². The highest BCUT2D eigenvalue weighted by atomic mass is 16.3. The topological polar surface area (TPSA) is 79.2 Å². The predicted molar refractivity (Wildman–Crippen MR) is 134 cm³/mol. The first-order valence-electron chi connectivity index (χ1n) is 11.2. The number of aromatic nitrogens is 2. The van der Waals surface area contributed by atoms with Crippen molar-refractivity contribution in [1.29, 1.82) is 0 Å². The monoisotopic (exact) mass is 442 g/mol. The Hall–Kier alpha value is -3.64. The number of hydrogen-bond acceptors (Lipinski definition) is 3. The maximum atomic E-state index is 13.0. The Balaban J connectivity index is 1.65. The van der Waals surface area contributed by atoms with E-state index in [1.807, 2.05) is 72.8 Å². The van der Waals surface area contributed by atoms with Crippen molar-refractivity contribution < 1.29 is 9.90 Å². The number of carbonyl (C=O) groups excluding carboxylic acids is 1. The molecule has 4 rings (SSSR count). The lowest BCUT2D eigenvalue weighted by Crippen LogP contribution is -2.21. The molecule has 0 aliphatic carbocycles. The lowest BCUT2D eigenvalue weighted by molar-refractivity contribution is 0.0786. The Morgan fingerprint density at radius 2 is 1.73 bits per heavy atom. The van der Waals surface area contributed by atoms with Crippen molar-refractivity contribution in [3.05, 3.63) is 84.1 Å². The number of rotatable bonds is 6. The van der Waals surface area contributed by atoms with E-state index in [0.717, 1.165) is 39.8 Å². The average molecular weight is 443 g/mol. The lowest BCUT2D eigenvalue weighted by Gasteiger charge is -2.19. The molecule has 4 aromatic rings. The molecular formula is C27H30N4O2. The van der Waals surface area contributed by atoms with E-state index in [0.29, 0.717) is 11.7 Å². The smallest absolute Gasteiger partial charge is 0.324 e. The normalized spacial score (nSPS) is 11.7. The highest BCUT2D eigenvalue weighted by Crippen LogP contribution is 2.26. The molecule has 0 spiro atoms. The fourth-order valence-corrected chi connectivity index (χ4v) is 3.86. The molecular weight excluding hydrogens is 412 g/mol.